The summed E-state index contributed by atoms with van der Waals surface area (Å²) in [6.45, 7) is 2.85. The third kappa shape index (κ3) is 4.57. The number of halogens is 2. The zero-order valence-corrected chi connectivity index (χ0v) is 15.5. The normalized spacial score (nSPS) is 10.8. The van der Waals surface area contributed by atoms with Crippen LogP contribution in [0.5, 0.6) is 5.75 Å². The zero-order chi connectivity index (χ0) is 21.1. The molecular weight excluding hydrogens is 388 g/mol. The number of carbonyl (C=O) groups is 2. The average Bonchev–Trinajstić information content (AvgIpc) is 3.20. The van der Waals surface area contributed by atoms with E-state index in [4.69, 9.17) is 9.84 Å². The third-order valence-corrected chi connectivity index (χ3v) is 4.05. The molecule has 0 saturated carbocycles. The number of nitrogens with one attached hydrogen (secondary N) is 1. The van der Waals surface area contributed by atoms with Crippen LogP contribution in [-0.2, 0) is 18.1 Å². The number of aryl methyl sites for hydroxylation is 1. The van der Waals surface area contributed by atoms with Gasteiger partial charge in [0.15, 0.2) is 18.3 Å². The van der Waals surface area contributed by atoms with Crippen LogP contribution in [0.25, 0.3) is 0 Å². The van der Waals surface area contributed by atoms with Crippen LogP contribution in [0, 0.1) is 25.5 Å². The smallest absolute Gasteiger partial charge is 0.325 e. The first kappa shape index (κ1) is 20.0. The first-order chi connectivity index (χ1) is 13.7. The molecule has 0 aliphatic carbocycles. The summed E-state index contributed by atoms with van der Waals surface area (Å²) in [6, 6.07) is 2.97. The lowest BCUT2D eigenvalue weighted by Gasteiger charge is -2.09. The summed E-state index contributed by atoms with van der Waals surface area (Å²) < 4.78 is 34.5. The van der Waals surface area contributed by atoms with Gasteiger partial charge in [-0.05, 0) is 26.0 Å². The fourth-order valence-electron chi connectivity index (χ4n) is 2.62. The van der Waals surface area contributed by atoms with Crippen molar-refractivity contribution >= 4 is 17.6 Å². The average molecular weight is 405 g/mol. The maximum atomic E-state index is 13.7. The molecule has 152 valence electrons. The van der Waals surface area contributed by atoms with Crippen molar-refractivity contribution in [2.75, 3.05) is 5.32 Å². The van der Waals surface area contributed by atoms with Crippen LogP contribution in [0.3, 0.4) is 0 Å². The van der Waals surface area contributed by atoms with E-state index in [1.165, 1.54) is 23.1 Å². The Morgan fingerprint density at radius 1 is 1.28 bits per heavy atom. The second-order valence-corrected chi connectivity index (χ2v) is 6.17. The number of rotatable bonds is 7. The Hall–Kier alpha value is -3.76. The van der Waals surface area contributed by atoms with Gasteiger partial charge in [0.2, 0.25) is 0 Å². The molecule has 0 bridgehead atoms. The summed E-state index contributed by atoms with van der Waals surface area (Å²) in [7, 11) is 0. The summed E-state index contributed by atoms with van der Waals surface area (Å²) >= 11 is 0. The Balaban J connectivity index is 1.71. The molecule has 29 heavy (non-hydrogen) atoms. The lowest BCUT2D eigenvalue weighted by molar-refractivity contribution is -0.137. The van der Waals surface area contributed by atoms with Crippen LogP contribution in [-0.4, -0.2) is 36.5 Å². The molecule has 0 spiro atoms. The summed E-state index contributed by atoms with van der Waals surface area (Å²) in [5.74, 6) is -3.24. The van der Waals surface area contributed by atoms with Gasteiger partial charge in [0.05, 0.1) is 28.8 Å². The number of anilines is 1. The molecule has 0 fully saturated rings. The Morgan fingerprint density at radius 3 is 2.72 bits per heavy atom. The lowest BCUT2D eigenvalue weighted by atomic mass is 10.2. The van der Waals surface area contributed by atoms with Gasteiger partial charge in [-0.2, -0.15) is 10.2 Å². The summed E-state index contributed by atoms with van der Waals surface area (Å²) in [6.07, 6.45) is 2.58. The van der Waals surface area contributed by atoms with Crippen LogP contribution < -0.4 is 10.1 Å². The maximum Gasteiger partial charge on any atom is 0.325 e. The second-order valence-electron chi connectivity index (χ2n) is 6.17. The van der Waals surface area contributed by atoms with Crippen LogP contribution in [0.4, 0.5) is 14.5 Å². The summed E-state index contributed by atoms with van der Waals surface area (Å²) in [5, 5.41) is 19.5. The van der Waals surface area contributed by atoms with Gasteiger partial charge in [-0.25, -0.2) is 13.5 Å². The van der Waals surface area contributed by atoms with E-state index in [2.05, 4.69) is 15.5 Å². The summed E-state index contributed by atoms with van der Waals surface area (Å²) in [4.78, 5) is 23.1. The number of aromatic nitrogens is 4. The molecule has 0 atom stereocenters. The Bertz CT molecular complexity index is 1080. The third-order valence-electron chi connectivity index (χ3n) is 4.05. The predicted octanol–water partition coefficient (Wildman–Crippen LogP) is 2.35. The van der Waals surface area contributed by atoms with E-state index in [0.717, 1.165) is 10.7 Å². The van der Waals surface area contributed by atoms with E-state index >= 15 is 0 Å². The van der Waals surface area contributed by atoms with Crippen molar-refractivity contribution < 1.29 is 28.2 Å². The number of benzene rings is 1. The molecule has 0 aliphatic heterocycles. The fourth-order valence-corrected chi connectivity index (χ4v) is 2.62. The molecule has 3 rings (SSSR count). The van der Waals surface area contributed by atoms with Crippen molar-refractivity contribution in [3.05, 3.63) is 59.2 Å². The molecule has 0 radical (unpaired) electrons. The number of carboxylic acids is 1. The quantitative estimate of drug-likeness (QED) is 0.624. The predicted molar refractivity (Wildman–Crippen MR) is 96.5 cm³/mol. The number of aliphatic carboxylic acids is 1. The standard InChI is InChI=1S/C18H17F2N5O4/c1-10-17(22-18(28)12-6-21-24(7-12)8-16(26)27)11(2)25(23-10)9-29-15-4-3-13(19)5-14(15)20/h3-7H,8-9H2,1-2H3,(H,22,28)(H,26,27). The van der Waals surface area contributed by atoms with Gasteiger partial charge in [-0.15, -0.1) is 0 Å². The number of ether oxygens (including phenoxy) is 1. The molecule has 1 aromatic carbocycles. The number of hydrogen-bond acceptors (Lipinski definition) is 5. The van der Waals surface area contributed by atoms with Gasteiger partial charge >= 0.3 is 5.97 Å². The zero-order valence-electron chi connectivity index (χ0n) is 15.5. The van der Waals surface area contributed by atoms with Crippen molar-refractivity contribution in [1.29, 1.82) is 0 Å². The molecule has 0 aliphatic rings. The van der Waals surface area contributed by atoms with Gasteiger partial charge in [-0.3, -0.25) is 14.3 Å². The molecule has 0 saturated heterocycles. The number of nitrogens with zero attached hydrogens (tertiary/aromatic N) is 4. The van der Waals surface area contributed by atoms with Gasteiger partial charge in [0, 0.05) is 12.3 Å². The van der Waals surface area contributed by atoms with E-state index < -0.39 is 23.5 Å². The highest BCUT2D eigenvalue weighted by molar-refractivity contribution is 6.04. The first-order valence-corrected chi connectivity index (χ1v) is 8.42. The highest BCUT2D eigenvalue weighted by atomic mass is 19.1. The minimum Gasteiger partial charge on any atom is -0.480 e. The van der Waals surface area contributed by atoms with Crippen molar-refractivity contribution in [1.82, 2.24) is 19.6 Å². The molecule has 1 amide bonds. The highest BCUT2D eigenvalue weighted by Crippen LogP contribution is 2.22. The molecule has 9 nitrogen and oxygen atoms in total. The minimum absolute atomic E-state index is 0.129. The van der Waals surface area contributed by atoms with Crippen molar-refractivity contribution in [2.45, 2.75) is 27.1 Å². The van der Waals surface area contributed by atoms with Crippen molar-refractivity contribution in [2.24, 2.45) is 0 Å². The lowest BCUT2D eigenvalue weighted by Crippen LogP contribution is -2.14. The van der Waals surface area contributed by atoms with E-state index in [9.17, 15) is 18.4 Å². The van der Waals surface area contributed by atoms with Crippen LogP contribution in [0.1, 0.15) is 21.7 Å². The van der Waals surface area contributed by atoms with Crippen molar-refractivity contribution in [3.8, 4) is 5.75 Å². The maximum absolute atomic E-state index is 13.7. The van der Waals surface area contributed by atoms with E-state index in [-0.39, 0.29) is 24.6 Å². The molecular formula is C18H17F2N5O4. The first-order valence-electron chi connectivity index (χ1n) is 8.42. The number of carbonyl (C=O) groups excluding carboxylic acids is 1. The Labute approximate surface area is 163 Å². The number of amides is 1. The Morgan fingerprint density at radius 2 is 2.03 bits per heavy atom. The van der Waals surface area contributed by atoms with Crippen LogP contribution in [0.15, 0.2) is 30.6 Å². The van der Waals surface area contributed by atoms with Gasteiger partial charge in [0.25, 0.3) is 5.91 Å². The molecule has 11 heteroatoms. The number of carboxylic acid groups (broad SMARTS) is 1. The van der Waals surface area contributed by atoms with E-state index in [1.807, 2.05) is 0 Å². The van der Waals surface area contributed by atoms with Gasteiger partial charge in [-0.1, -0.05) is 0 Å². The van der Waals surface area contributed by atoms with Crippen LogP contribution >= 0.6 is 0 Å². The van der Waals surface area contributed by atoms with Crippen molar-refractivity contribution in [3.63, 3.8) is 0 Å². The van der Waals surface area contributed by atoms with E-state index in [0.29, 0.717) is 23.1 Å². The largest absolute Gasteiger partial charge is 0.480 e. The second kappa shape index (κ2) is 8.09. The molecule has 2 heterocycles. The molecule has 0 unspecified atom stereocenters. The molecule has 2 aromatic heterocycles. The SMILES string of the molecule is Cc1nn(COc2ccc(F)cc2F)c(C)c1NC(=O)c1cnn(CC(=O)O)c1. The minimum atomic E-state index is -1.08. The summed E-state index contributed by atoms with van der Waals surface area (Å²) in [5.41, 5.74) is 1.67. The van der Waals surface area contributed by atoms with Crippen LogP contribution in [0.2, 0.25) is 0 Å². The fraction of sp³-hybridized carbons (Fsp3) is 0.222. The van der Waals surface area contributed by atoms with E-state index in [1.54, 1.807) is 13.8 Å². The molecule has 3 aromatic rings. The molecule has 2 N–H and O–H groups in total. The number of hydrogen-bond donors (Lipinski definition) is 2. The topological polar surface area (TPSA) is 111 Å². The highest BCUT2D eigenvalue weighted by Gasteiger charge is 2.17. The Kier molecular flexibility index (Phi) is 5.57. The van der Waals surface area contributed by atoms with Gasteiger partial charge < -0.3 is 15.2 Å². The monoisotopic (exact) mass is 405 g/mol. The van der Waals surface area contributed by atoms with Gasteiger partial charge in [0.1, 0.15) is 12.4 Å².